The Bertz CT molecular complexity index is 669. The first-order valence-electron chi connectivity index (χ1n) is 8.33. The van der Waals surface area contributed by atoms with Crippen LogP contribution in [0.2, 0.25) is 0 Å². The Kier molecular flexibility index (Phi) is 5.00. The van der Waals surface area contributed by atoms with Gasteiger partial charge in [-0.25, -0.2) is 4.39 Å². The van der Waals surface area contributed by atoms with Gasteiger partial charge in [-0.15, -0.1) is 11.3 Å². The molecule has 1 aliphatic rings. The molecule has 0 radical (unpaired) electrons. The van der Waals surface area contributed by atoms with Gasteiger partial charge in [-0.1, -0.05) is 26.7 Å². The summed E-state index contributed by atoms with van der Waals surface area (Å²) in [4.78, 5) is 2.13. The van der Waals surface area contributed by atoms with Gasteiger partial charge < -0.3 is 4.74 Å². The molecule has 0 saturated carbocycles. The van der Waals surface area contributed by atoms with Crippen LogP contribution < -0.4 is 4.74 Å². The second kappa shape index (κ2) is 7.00. The maximum Gasteiger partial charge on any atom is 0.201 e. The minimum atomic E-state index is -0.874. The fourth-order valence-electron chi connectivity index (χ4n) is 3.08. The number of rotatable bonds is 6. The summed E-state index contributed by atoms with van der Waals surface area (Å²) in [7, 11) is 0. The average molecular weight is 336 g/mol. The fraction of sp³-hybridized carbons (Fsp3) is 0.474. The van der Waals surface area contributed by atoms with E-state index in [-0.39, 0.29) is 5.75 Å². The summed E-state index contributed by atoms with van der Waals surface area (Å²) in [5.41, 5.74) is 1.63. The van der Waals surface area contributed by atoms with Gasteiger partial charge >= 0.3 is 0 Å². The number of ether oxygens (including phenoxy) is 1. The van der Waals surface area contributed by atoms with E-state index < -0.39 is 11.6 Å². The molecule has 0 bridgehead atoms. The lowest BCUT2D eigenvalue weighted by Gasteiger charge is -2.09. The molecule has 1 heterocycles. The second-order valence-corrected chi connectivity index (χ2v) is 7.50. The Labute approximate surface area is 140 Å². The molecule has 1 aromatic carbocycles. The van der Waals surface area contributed by atoms with E-state index in [0.29, 0.717) is 18.1 Å². The molecule has 1 aromatic heterocycles. The summed E-state index contributed by atoms with van der Waals surface area (Å²) >= 11 is 1.58. The monoisotopic (exact) mass is 336 g/mol. The molecule has 1 unspecified atom stereocenters. The molecule has 1 nitrogen and oxygen atoms in total. The molecule has 0 fully saturated rings. The van der Waals surface area contributed by atoms with Crippen LogP contribution in [0, 0.1) is 17.6 Å². The first-order chi connectivity index (χ1) is 11.1. The van der Waals surface area contributed by atoms with Crippen LogP contribution in [0.15, 0.2) is 18.2 Å². The van der Waals surface area contributed by atoms with Gasteiger partial charge in [0.05, 0.1) is 6.61 Å². The average Bonchev–Trinajstić information content (AvgIpc) is 3.05. The van der Waals surface area contributed by atoms with E-state index in [1.807, 2.05) is 6.07 Å². The Morgan fingerprint density at radius 2 is 2.00 bits per heavy atom. The summed E-state index contributed by atoms with van der Waals surface area (Å²) in [6, 6.07) is 5.20. The van der Waals surface area contributed by atoms with Crippen LogP contribution in [0.5, 0.6) is 5.75 Å². The highest BCUT2D eigenvalue weighted by Crippen LogP contribution is 2.40. The second-order valence-electron chi connectivity index (χ2n) is 6.37. The molecule has 3 rings (SSSR count). The van der Waals surface area contributed by atoms with Crippen molar-refractivity contribution in [2.24, 2.45) is 5.92 Å². The lowest BCUT2D eigenvalue weighted by molar-refractivity contribution is 0.286. The third kappa shape index (κ3) is 3.42. The van der Waals surface area contributed by atoms with E-state index in [9.17, 15) is 8.78 Å². The molecule has 124 valence electrons. The first-order valence-corrected chi connectivity index (χ1v) is 9.14. The Hall–Kier alpha value is -1.42. The van der Waals surface area contributed by atoms with Crippen molar-refractivity contribution in [1.29, 1.82) is 0 Å². The van der Waals surface area contributed by atoms with E-state index in [1.165, 1.54) is 10.4 Å². The lowest BCUT2D eigenvalue weighted by atomic mass is 10.1. The van der Waals surface area contributed by atoms with Crippen LogP contribution >= 0.6 is 11.3 Å². The number of unbranched alkanes of at least 4 members (excludes halogenated alkanes) is 2. The lowest BCUT2D eigenvalue weighted by Crippen LogP contribution is -2.01. The highest BCUT2D eigenvalue weighted by atomic mass is 32.1. The molecule has 4 heteroatoms. The summed E-state index contributed by atoms with van der Waals surface area (Å²) < 4.78 is 34.0. The van der Waals surface area contributed by atoms with Crippen molar-refractivity contribution in [2.45, 2.75) is 46.0 Å². The molecule has 0 spiro atoms. The first kappa shape index (κ1) is 16.4. The van der Waals surface area contributed by atoms with Crippen LogP contribution in [0.4, 0.5) is 8.78 Å². The normalized spacial score (nSPS) is 16.6. The molecule has 0 saturated heterocycles. The number of thiophene rings is 1. The highest BCUT2D eigenvalue weighted by Gasteiger charge is 2.23. The number of hydrogen-bond acceptors (Lipinski definition) is 2. The van der Waals surface area contributed by atoms with Gasteiger partial charge in [0, 0.05) is 15.3 Å². The molecule has 1 atom stereocenters. The summed E-state index contributed by atoms with van der Waals surface area (Å²) in [6.07, 6.45) is 5.04. The molecular formula is C19H22F2OS. The topological polar surface area (TPSA) is 9.23 Å². The Morgan fingerprint density at radius 1 is 1.17 bits per heavy atom. The van der Waals surface area contributed by atoms with Crippen molar-refractivity contribution in [2.75, 3.05) is 6.61 Å². The largest absolute Gasteiger partial charge is 0.490 e. The van der Waals surface area contributed by atoms with Crippen molar-refractivity contribution < 1.29 is 13.5 Å². The standard InChI is InChI=1S/C19H22F2OS/c1-3-4-5-8-22-15-7-6-14(18(20)19(15)21)17-11-13-9-12(2)10-16(13)23-17/h6-7,11-12H,3-5,8-10H2,1-2H3. The predicted octanol–water partition coefficient (Wildman–Crippen LogP) is 6.00. The molecule has 2 aromatic rings. The van der Waals surface area contributed by atoms with Crippen molar-refractivity contribution in [3.05, 3.63) is 40.3 Å². The van der Waals surface area contributed by atoms with Gasteiger partial charge in [-0.2, -0.15) is 4.39 Å². The third-order valence-electron chi connectivity index (χ3n) is 4.32. The van der Waals surface area contributed by atoms with E-state index >= 15 is 0 Å². The van der Waals surface area contributed by atoms with Gasteiger partial charge in [-0.3, -0.25) is 0 Å². The van der Waals surface area contributed by atoms with Crippen LogP contribution in [-0.2, 0) is 12.8 Å². The van der Waals surface area contributed by atoms with Gasteiger partial charge in [0.1, 0.15) is 0 Å². The van der Waals surface area contributed by atoms with Gasteiger partial charge in [-0.05, 0) is 48.9 Å². The summed E-state index contributed by atoms with van der Waals surface area (Å²) in [6.45, 7) is 4.74. The molecule has 1 aliphatic carbocycles. The molecule has 0 N–H and O–H groups in total. The summed E-state index contributed by atoms with van der Waals surface area (Å²) in [5.74, 6) is -1.00. The SMILES string of the molecule is CCCCCOc1ccc(-c2cc3c(s2)CC(C)C3)c(F)c1F. The van der Waals surface area contributed by atoms with Gasteiger partial charge in [0.25, 0.3) is 0 Å². The number of fused-ring (bicyclic) bond motifs is 1. The molecule has 0 aliphatic heterocycles. The highest BCUT2D eigenvalue weighted by molar-refractivity contribution is 7.15. The van der Waals surface area contributed by atoms with E-state index in [4.69, 9.17) is 4.74 Å². The van der Waals surface area contributed by atoms with Crippen molar-refractivity contribution in [3.8, 4) is 16.2 Å². The third-order valence-corrected chi connectivity index (χ3v) is 5.55. The maximum absolute atomic E-state index is 14.4. The van der Waals surface area contributed by atoms with Gasteiger partial charge in [0.2, 0.25) is 5.82 Å². The smallest absolute Gasteiger partial charge is 0.201 e. The predicted molar refractivity (Wildman–Crippen MR) is 91.3 cm³/mol. The van der Waals surface area contributed by atoms with E-state index in [0.717, 1.165) is 37.0 Å². The minimum absolute atomic E-state index is 0.0140. The fourth-order valence-corrected chi connectivity index (χ4v) is 4.45. The Morgan fingerprint density at radius 3 is 2.74 bits per heavy atom. The zero-order valence-electron chi connectivity index (χ0n) is 13.6. The zero-order chi connectivity index (χ0) is 16.4. The minimum Gasteiger partial charge on any atom is -0.490 e. The van der Waals surface area contributed by atoms with Crippen LogP contribution in [0.1, 0.15) is 43.6 Å². The van der Waals surface area contributed by atoms with Crippen LogP contribution in [-0.4, -0.2) is 6.61 Å². The Balaban J connectivity index is 1.79. The van der Waals surface area contributed by atoms with Crippen molar-refractivity contribution in [3.63, 3.8) is 0 Å². The number of benzene rings is 1. The van der Waals surface area contributed by atoms with Crippen LogP contribution in [0.25, 0.3) is 10.4 Å². The maximum atomic E-state index is 14.4. The molecular weight excluding hydrogens is 314 g/mol. The van der Waals surface area contributed by atoms with Gasteiger partial charge in [0.15, 0.2) is 11.6 Å². The molecule has 0 amide bonds. The van der Waals surface area contributed by atoms with E-state index in [1.54, 1.807) is 23.5 Å². The quantitative estimate of drug-likeness (QED) is 0.588. The zero-order valence-corrected chi connectivity index (χ0v) is 14.4. The van der Waals surface area contributed by atoms with E-state index in [2.05, 4.69) is 13.8 Å². The summed E-state index contributed by atoms with van der Waals surface area (Å²) in [5, 5.41) is 0. The van der Waals surface area contributed by atoms with Crippen LogP contribution in [0.3, 0.4) is 0 Å². The molecule has 23 heavy (non-hydrogen) atoms. The van der Waals surface area contributed by atoms with Crippen molar-refractivity contribution in [1.82, 2.24) is 0 Å². The van der Waals surface area contributed by atoms with Crippen molar-refractivity contribution >= 4 is 11.3 Å². The number of hydrogen-bond donors (Lipinski definition) is 0. The number of halogens is 2.